The molecule has 1 aliphatic rings. The number of nitrogen functional groups attached to an aromatic ring is 2. The third-order valence-corrected chi connectivity index (χ3v) is 4.47. The van der Waals surface area contributed by atoms with Crippen LogP contribution in [0.4, 0.5) is 10.3 Å². The van der Waals surface area contributed by atoms with E-state index in [0.717, 1.165) is 40.8 Å². The minimum atomic E-state index is -0.301. The summed E-state index contributed by atoms with van der Waals surface area (Å²) < 4.78 is 14.6. The summed E-state index contributed by atoms with van der Waals surface area (Å²) in [6.07, 6.45) is 3.24. The SMILES string of the molecule is Cl.Cl.N=C(N)c1cccc2c1CC/C2=N\n1cc(-c2ccc(F)cc2)nc1N. The number of nitrogens with two attached hydrogens (primary N) is 2. The van der Waals surface area contributed by atoms with Gasteiger partial charge < -0.3 is 11.5 Å². The molecular weight excluding hydrogens is 402 g/mol. The number of hydrogen-bond acceptors (Lipinski definition) is 4. The van der Waals surface area contributed by atoms with Gasteiger partial charge in [0.2, 0.25) is 5.95 Å². The molecule has 0 unspecified atom stereocenters. The van der Waals surface area contributed by atoms with Crippen LogP contribution >= 0.6 is 24.8 Å². The predicted octanol–water partition coefficient (Wildman–Crippen LogP) is 3.60. The zero-order valence-electron chi connectivity index (χ0n) is 14.7. The minimum Gasteiger partial charge on any atom is -0.384 e. The first-order valence-corrected chi connectivity index (χ1v) is 8.18. The van der Waals surface area contributed by atoms with E-state index in [0.29, 0.717) is 5.69 Å². The van der Waals surface area contributed by atoms with Crippen molar-refractivity contribution >= 4 is 42.3 Å². The molecule has 0 aliphatic heterocycles. The van der Waals surface area contributed by atoms with Crippen LogP contribution in [0.25, 0.3) is 11.3 Å². The molecule has 0 spiro atoms. The Morgan fingerprint density at radius 1 is 1.11 bits per heavy atom. The van der Waals surface area contributed by atoms with E-state index in [2.05, 4.69) is 10.1 Å². The minimum absolute atomic E-state index is 0. The van der Waals surface area contributed by atoms with Crippen molar-refractivity contribution in [3.05, 3.63) is 71.2 Å². The maximum Gasteiger partial charge on any atom is 0.221 e. The molecule has 5 N–H and O–H groups in total. The summed E-state index contributed by atoms with van der Waals surface area (Å²) in [5, 5.41) is 12.3. The van der Waals surface area contributed by atoms with Crippen LogP contribution in [-0.2, 0) is 6.42 Å². The topological polar surface area (TPSA) is 106 Å². The van der Waals surface area contributed by atoms with Crippen LogP contribution in [0, 0.1) is 11.2 Å². The molecule has 1 aromatic heterocycles. The van der Waals surface area contributed by atoms with Crippen LogP contribution in [0.15, 0.2) is 53.8 Å². The second-order valence-corrected chi connectivity index (χ2v) is 6.13. The molecule has 9 heteroatoms. The molecule has 0 saturated heterocycles. The van der Waals surface area contributed by atoms with E-state index in [1.165, 1.54) is 16.8 Å². The number of nitrogens with one attached hydrogen (secondary N) is 1. The number of aromatic nitrogens is 2. The van der Waals surface area contributed by atoms with Crippen LogP contribution in [0.3, 0.4) is 0 Å². The van der Waals surface area contributed by atoms with Gasteiger partial charge in [-0.1, -0.05) is 18.2 Å². The summed E-state index contributed by atoms with van der Waals surface area (Å²) in [6.45, 7) is 0. The van der Waals surface area contributed by atoms with Crippen molar-refractivity contribution in [2.24, 2.45) is 10.8 Å². The van der Waals surface area contributed by atoms with Crippen molar-refractivity contribution in [1.29, 1.82) is 5.41 Å². The van der Waals surface area contributed by atoms with Crippen LogP contribution in [0.2, 0.25) is 0 Å². The summed E-state index contributed by atoms with van der Waals surface area (Å²) in [6, 6.07) is 11.8. The molecule has 3 aromatic rings. The Hall–Kier alpha value is -2.90. The third kappa shape index (κ3) is 3.85. The van der Waals surface area contributed by atoms with Gasteiger partial charge in [0.05, 0.1) is 17.6 Å². The lowest BCUT2D eigenvalue weighted by Crippen LogP contribution is -2.13. The van der Waals surface area contributed by atoms with Crippen LogP contribution in [0.5, 0.6) is 0 Å². The molecule has 2 aromatic carbocycles. The van der Waals surface area contributed by atoms with Crippen molar-refractivity contribution in [1.82, 2.24) is 9.66 Å². The molecule has 0 saturated carbocycles. The van der Waals surface area contributed by atoms with Crippen molar-refractivity contribution < 1.29 is 4.39 Å². The lowest BCUT2D eigenvalue weighted by molar-refractivity contribution is 0.628. The van der Waals surface area contributed by atoms with Gasteiger partial charge in [-0.25, -0.2) is 14.1 Å². The Balaban J connectivity index is 0.00000140. The Kier molecular flexibility index (Phi) is 6.43. The van der Waals surface area contributed by atoms with E-state index in [4.69, 9.17) is 16.9 Å². The zero-order valence-corrected chi connectivity index (χ0v) is 16.4. The summed E-state index contributed by atoms with van der Waals surface area (Å²) in [7, 11) is 0. The molecule has 6 nitrogen and oxygen atoms in total. The quantitative estimate of drug-likeness (QED) is 0.444. The number of hydrogen-bond donors (Lipinski definition) is 3. The number of nitrogens with zero attached hydrogens (tertiary/aromatic N) is 3. The van der Waals surface area contributed by atoms with Crippen molar-refractivity contribution in [2.75, 3.05) is 5.73 Å². The molecule has 1 aliphatic carbocycles. The summed E-state index contributed by atoms with van der Waals surface area (Å²) in [4.78, 5) is 4.31. The van der Waals surface area contributed by atoms with E-state index < -0.39 is 0 Å². The molecule has 0 bridgehead atoms. The van der Waals surface area contributed by atoms with Gasteiger partial charge in [-0.3, -0.25) is 5.41 Å². The van der Waals surface area contributed by atoms with Crippen molar-refractivity contribution in [2.45, 2.75) is 12.8 Å². The molecule has 146 valence electrons. The average molecular weight is 421 g/mol. The highest BCUT2D eigenvalue weighted by Crippen LogP contribution is 2.27. The van der Waals surface area contributed by atoms with Gasteiger partial charge in [0.1, 0.15) is 11.7 Å². The lowest BCUT2D eigenvalue weighted by atomic mass is 10.0. The normalized spacial score (nSPS) is 13.5. The Morgan fingerprint density at radius 2 is 1.82 bits per heavy atom. The molecule has 28 heavy (non-hydrogen) atoms. The third-order valence-electron chi connectivity index (χ3n) is 4.47. The standard InChI is InChI=1S/C19H17FN6.2ClH/c20-12-6-4-11(5-7-12)17-10-26(19(23)24-17)25-16-9-8-13-14(16)2-1-3-15(13)18(21)22;;/h1-7,10H,8-9H2,(H3,21,22)(H2,23,24);2*1H/b25-16+;;. The first kappa shape index (κ1) is 21.4. The van der Waals surface area contributed by atoms with Gasteiger partial charge in [-0.05, 0) is 42.7 Å². The zero-order chi connectivity index (χ0) is 18.3. The highest BCUT2D eigenvalue weighted by atomic mass is 35.5. The first-order chi connectivity index (χ1) is 12.5. The summed E-state index contributed by atoms with van der Waals surface area (Å²) in [5.74, 6) is 0.0158. The fraction of sp³-hybridized carbons (Fsp3) is 0.105. The number of amidine groups is 1. The Bertz CT molecular complexity index is 1040. The molecule has 0 atom stereocenters. The highest BCUT2D eigenvalue weighted by Gasteiger charge is 2.22. The predicted molar refractivity (Wildman–Crippen MR) is 114 cm³/mol. The van der Waals surface area contributed by atoms with E-state index in [1.54, 1.807) is 18.3 Å². The lowest BCUT2D eigenvalue weighted by Gasteiger charge is -2.06. The highest BCUT2D eigenvalue weighted by molar-refractivity contribution is 6.08. The molecular formula is C19H19Cl2FN6. The summed E-state index contributed by atoms with van der Waals surface area (Å²) >= 11 is 0. The first-order valence-electron chi connectivity index (χ1n) is 8.18. The number of halogens is 3. The fourth-order valence-electron chi connectivity index (χ4n) is 3.22. The smallest absolute Gasteiger partial charge is 0.221 e. The van der Waals surface area contributed by atoms with Crippen LogP contribution in [-0.4, -0.2) is 21.2 Å². The van der Waals surface area contributed by atoms with Crippen LogP contribution in [0.1, 0.15) is 23.1 Å². The molecule has 4 rings (SSSR count). The number of fused-ring (bicyclic) bond motifs is 1. The number of rotatable bonds is 3. The van der Waals surface area contributed by atoms with Gasteiger partial charge in [0.25, 0.3) is 0 Å². The monoisotopic (exact) mass is 420 g/mol. The van der Waals surface area contributed by atoms with Gasteiger partial charge >= 0.3 is 0 Å². The maximum absolute atomic E-state index is 13.1. The van der Waals surface area contributed by atoms with Gasteiger partial charge in [-0.2, -0.15) is 5.10 Å². The molecule has 0 fully saturated rings. The maximum atomic E-state index is 13.1. The number of anilines is 1. The van der Waals surface area contributed by atoms with Gasteiger partial charge in [-0.15, -0.1) is 24.8 Å². The second-order valence-electron chi connectivity index (χ2n) is 6.13. The number of benzene rings is 2. The van der Waals surface area contributed by atoms with Crippen LogP contribution < -0.4 is 11.5 Å². The molecule has 0 amide bonds. The Morgan fingerprint density at radius 3 is 2.50 bits per heavy atom. The van der Waals surface area contributed by atoms with E-state index in [-0.39, 0.29) is 42.4 Å². The Labute approximate surface area is 173 Å². The fourth-order valence-corrected chi connectivity index (χ4v) is 3.22. The van der Waals surface area contributed by atoms with Crippen molar-refractivity contribution in [3.8, 4) is 11.3 Å². The van der Waals surface area contributed by atoms with E-state index in [9.17, 15) is 4.39 Å². The largest absolute Gasteiger partial charge is 0.384 e. The number of imidazole rings is 1. The molecule has 1 heterocycles. The van der Waals surface area contributed by atoms with Gasteiger partial charge in [0, 0.05) is 16.7 Å². The second kappa shape index (κ2) is 8.41. The van der Waals surface area contributed by atoms with Crippen molar-refractivity contribution in [3.63, 3.8) is 0 Å². The van der Waals surface area contributed by atoms with E-state index >= 15 is 0 Å². The van der Waals surface area contributed by atoms with Gasteiger partial charge in [0.15, 0.2) is 0 Å². The molecule has 0 radical (unpaired) electrons. The summed E-state index contributed by atoms with van der Waals surface area (Å²) in [5.41, 5.74) is 16.7. The average Bonchev–Trinajstić information content (AvgIpc) is 3.20. The van der Waals surface area contributed by atoms with E-state index in [1.807, 2.05) is 18.2 Å².